The van der Waals surface area contributed by atoms with E-state index in [4.69, 9.17) is 9.47 Å². The van der Waals surface area contributed by atoms with Gasteiger partial charge in [-0.3, -0.25) is 4.79 Å². The van der Waals surface area contributed by atoms with Crippen LogP contribution >= 0.6 is 0 Å². The van der Waals surface area contributed by atoms with E-state index >= 15 is 0 Å². The van der Waals surface area contributed by atoms with Crippen molar-refractivity contribution in [3.63, 3.8) is 0 Å². The molecule has 1 spiro atoms. The molecule has 2 bridgehead atoms. The third-order valence-corrected chi connectivity index (χ3v) is 7.08. The molecule has 0 unspecified atom stereocenters. The summed E-state index contributed by atoms with van der Waals surface area (Å²) in [4.78, 5) is 15.0. The van der Waals surface area contributed by atoms with Crippen molar-refractivity contribution in [2.24, 2.45) is 0 Å². The standard InChI is InChI=1S/C19H23NO4/c1-10-8-13(23-3)16-15-11(10)9-14-19(22)5-4-12(21)17(24-16)18(15,19)6-7-20(14)2/h8,14,17,22H,4-7,9H2,1-3H3/t14-,17+,18+,19-/m1/s1. The number of carbonyl (C=O) groups excluding carboxylic acids is 1. The monoisotopic (exact) mass is 329 g/mol. The quantitative estimate of drug-likeness (QED) is 0.843. The Balaban J connectivity index is 1.88. The number of ketones is 1. The number of aliphatic hydroxyl groups is 1. The van der Waals surface area contributed by atoms with E-state index in [9.17, 15) is 9.90 Å². The number of methoxy groups -OCH3 is 1. The van der Waals surface area contributed by atoms with Gasteiger partial charge in [-0.2, -0.15) is 0 Å². The predicted molar refractivity (Wildman–Crippen MR) is 87.8 cm³/mol. The van der Waals surface area contributed by atoms with Gasteiger partial charge in [-0.25, -0.2) is 0 Å². The normalized spacial score (nSPS) is 39.4. The lowest BCUT2D eigenvalue weighted by Crippen LogP contribution is -2.76. The summed E-state index contributed by atoms with van der Waals surface area (Å²) in [5.74, 6) is 1.49. The van der Waals surface area contributed by atoms with Crippen LogP contribution in [0.2, 0.25) is 0 Å². The van der Waals surface area contributed by atoms with E-state index in [1.807, 2.05) is 6.07 Å². The molecule has 2 fully saturated rings. The summed E-state index contributed by atoms with van der Waals surface area (Å²) in [5, 5.41) is 11.8. The van der Waals surface area contributed by atoms with E-state index in [1.165, 1.54) is 5.56 Å². The van der Waals surface area contributed by atoms with Crippen LogP contribution < -0.4 is 9.47 Å². The molecule has 1 N–H and O–H groups in total. The average Bonchev–Trinajstić information content (AvgIpc) is 2.90. The maximum absolute atomic E-state index is 12.7. The first-order valence-electron chi connectivity index (χ1n) is 8.77. The number of Topliss-reactive ketones (excluding diaryl/α,β-unsaturated/α-hetero) is 1. The number of ether oxygens (including phenoxy) is 2. The number of likely N-dealkylation sites (tertiary alicyclic amines) is 1. The number of piperidine rings is 1. The fourth-order valence-corrected chi connectivity index (χ4v) is 5.94. The Hall–Kier alpha value is -1.59. The molecular weight excluding hydrogens is 306 g/mol. The molecule has 1 saturated heterocycles. The highest BCUT2D eigenvalue weighted by molar-refractivity contribution is 5.90. The van der Waals surface area contributed by atoms with Gasteiger partial charge in [0.2, 0.25) is 0 Å². The van der Waals surface area contributed by atoms with Crippen LogP contribution in [0.1, 0.15) is 36.0 Å². The molecule has 2 heterocycles. The summed E-state index contributed by atoms with van der Waals surface area (Å²) in [6, 6.07) is 2.04. The van der Waals surface area contributed by atoms with Crippen LogP contribution in [0.3, 0.4) is 0 Å². The predicted octanol–water partition coefficient (Wildman–Crippen LogP) is 1.36. The van der Waals surface area contributed by atoms with E-state index in [0.29, 0.717) is 24.3 Å². The number of likely N-dealkylation sites (N-methyl/N-ethyl adjacent to an activating group) is 1. The van der Waals surface area contributed by atoms with Gasteiger partial charge in [-0.15, -0.1) is 0 Å². The summed E-state index contributed by atoms with van der Waals surface area (Å²) >= 11 is 0. The molecule has 4 aliphatic rings. The van der Waals surface area contributed by atoms with Gasteiger partial charge in [-0.05, 0) is 57.0 Å². The van der Waals surface area contributed by atoms with E-state index in [2.05, 4.69) is 18.9 Å². The molecule has 5 nitrogen and oxygen atoms in total. The highest BCUT2D eigenvalue weighted by Crippen LogP contribution is 2.65. The zero-order chi connectivity index (χ0) is 16.9. The number of hydrogen-bond donors (Lipinski definition) is 1. The lowest BCUT2D eigenvalue weighted by molar-refractivity contribution is -0.185. The molecule has 5 heteroatoms. The fraction of sp³-hybridized carbons (Fsp3) is 0.632. The van der Waals surface area contributed by atoms with E-state index < -0.39 is 17.1 Å². The molecule has 1 aromatic rings. The van der Waals surface area contributed by atoms with Crippen LogP contribution in [0, 0.1) is 6.92 Å². The van der Waals surface area contributed by atoms with E-state index in [1.54, 1.807) is 7.11 Å². The molecule has 0 radical (unpaired) electrons. The van der Waals surface area contributed by atoms with Crippen molar-refractivity contribution in [3.05, 3.63) is 22.8 Å². The molecule has 1 saturated carbocycles. The number of nitrogens with zero attached hydrogens (tertiary/aromatic N) is 1. The second-order valence-electron chi connectivity index (χ2n) is 7.89. The van der Waals surface area contributed by atoms with Gasteiger partial charge >= 0.3 is 0 Å². The van der Waals surface area contributed by atoms with Crippen LogP contribution in [0.25, 0.3) is 0 Å². The summed E-state index contributed by atoms with van der Waals surface area (Å²) < 4.78 is 11.8. The van der Waals surface area contributed by atoms with Gasteiger partial charge in [0, 0.05) is 18.0 Å². The average molecular weight is 329 g/mol. The third-order valence-electron chi connectivity index (χ3n) is 7.08. The Morgan fingerprint density at radius 3 is 2.96 bits per heavy atom. The first kappa shape index (κ1) is 14.7. The first-order chi connectivity index (χ1) is 11.4. The number of hydrogen-bond acceptors (Lipinski definition) is 5. The van der Waals surface area contributed by atoms with Crippen LogP contribution in [-0.2, 0) is 16.6 Å². The van der Waals surface area contributed by atoms with Crippen LogP contribution in [0.15, 0.2) is 6.07 Å². The highest BCUT2D eigenvalue weighted by atomic mass is 16.5. The maximum Gasteiger partial charge on any atom is 0.174 e. The molecule has 0 amide bonds. The Morgan fingerprint density at radius 1 is 1.42 bits per heavy atom. The SMILES string of the molecule is COc1cc(C)c2c3c1O[C@H]1C(=O)CC[C@@]4(O)[C@@H](C2)N(C)CC[C@]314. The fourth-order valence-electron chi connectivity index (χ4n) is 5.94. The third kappa shape index (κ3) is 1.35. The van der Waals surface area contributed by atoms with Gasteiger partial charge in [0.05, 0.1) is 18.1 Å². The Bertz CT molecular complexity index is 775. The van der Waals surface area contributed by atoms with Crippen LogP contribution in [0.4, 0.5) is 0 Å². The van der Waals surface area contributed by atoms with E-state index in [-0.39, 0.29) is 11.8 Å². The topological polar surface area (TPSA) is 59.0 Å². The van der Waals surface area contributed by atoms with Crippen molar-refractivity contribution >= 4 is 5.78 Å². The van der Waals surface area contributed by atoms with Gasteiger partial charge in [0.1, 0.15) is 0 Å². The lowest BCUT2D eigenvalue weighted by Gasteiger charge is -2.62. The van der Waals surface area contributed by atoms with Crippen molar-refractivity contribution in [2.45, 2.75) is 55.8 Å². The smallest absolute Gasteiger partial charge is 0.174 e. The molecule has 4 atom stereocenters. The number of aryl methyl sites for hydroxylation is 1. The molecule has 2 aliphatic heterocycles. The molecule has 128 valence electrons. The zero-order valence-corrected chi connectivity index (χ0v) is 14.4. The number of carbonyl (C=O) groups is 1. The summed E-state index contributed by atoms with van der Waals surface area (Å²) in [7, 11) is 3.72. The largest absolute Gasteiger partial charge is 0.493 e. The second-order valence-corrected chi connectivity index (χ2v) is 7.89. The summed E-state index contributed by atoms with van der Waals surface area (Å²) in [6.07, 6.45) is 1.89. The minimum absolute atomic E-state index is 0.0380. The summed E-state index contributed by atoms with van der Waals surface area (Å²) in [5.41, 5.74) is 1.94. The number of benzene rings is 1. The molecule has 24 heavy (non-hydrogen) atoms. The Labute approximate surface area is 141 Å². The zero-order valence-electron chi connectivity index (χ0n) is 14.4. The highest BCUT2D eigenvalue weighted by Gasteiger charge is 2.73. The number of rotatable bonds is 1. The lowest BCUT2D eigenvalue weighted by atomic mass is 9.49. The maximum atomic E-state index is 12.7. The van der Waals surface area contributed by atoms with Crippen molar-refractivity contribution < 1.29 is 19.4 Å². The van der Waals surface area contributed by atoms with Crippen LogP contribution in [0.5, 0.6) is 11.5 Å². The van der Waals surface area contributed by atoms with Crippen molar-refractivity contribution in [1.82, 2.24) is 4.90 Å². The van der Waals surface area contributed by atoms with Crippen molar-refractivity contribution in [2.75, 3.05) is 20.7 Å². The summed E-state index contributed by atoms with van der Waals surface area (Å²) in [6.45, 7) is 2.96. The molecular formula is C19H23NO4. The van der Waals surface area contributed by atoms with Gasteiger partial charge in [-0.1, -0.05) is 0 Å². The minimum Gasteiger partial charge on any atom is -0.493 e. The molecule has 1 aromatic carbocycles. The van der Waals surface area contributed by atoms with Crippen molar-refractivity contribution in [3.8, 4) is 11.5 Å². The van der Waals surface area contributed by atoms with Gasteiger partial charge in [0.15, 0.2) is 23.4 Å². The Morgan fingerprint density at radius 2 is 2.21 bits per heavy atom. The Kier molecular flexibility index (Phi) is 2.65. The first-order valence-corrected chi connectivity index (χ1v) is 8.77. The van der Waals surface area contributed by atoms with Crippen LogP contribution in [-0.4, -0.2) is 54.2 Å². The molecule has 5 rings (SSSR count). The van der Waals surface area contributed by atoms with Gasteiger partial charge in [0.25, 0.3) is 0 Å². The van der Waals surface area contributed by atoms with Crippen molar-refractivity contribution in [1.29, 1.82) is 0 Å². The minimum atomic E-state index is -0.907. The molecule has 2 aliphatic carbocycles. The molecule has 0 aromatic heterocycles. The second kappa shape index (κ2) is 4.33. The van der Waals surface area contributed by atoms with E-state index in [0.717, 1.165) is 30.5 Å². The van der Waals surface area contributed by atoms with Gasteiger partial charge < -0.3 is 19.5 Å².